The first-order chi connectivity index (χ1) is 8.90. The quantitative estimate of drug-likeness (QED) is 0.679. The van der Waals surface area contributed by atoms with Crippen LogP contribution in [-0.4, -0.2) is 37.1 Å². The first-order valence-electron chi connectivity index (χ1n) is 5.30. The number of hydrogen-bond acceptors (Lipinski definition) is 4. The van der Waals surface area contributed by atoms with Gasteiger partial charge in [0.15, 0.2) is 11.5 Å². The van der Waals surface area contributed by atoms with E-state index < -0.39 is 5.91 Å². The summed E-state index contributed by atoms with van der Waals surface area (Å²) in [5, 5.41) is 18.7. The normalized spacial score (nSPS) is 10.8. The van der Waals surface area contributed by atoms with Gasteiger partial charge >= 0.3 is 0 Å². The van der Waals surface area contributed by atoms with Crippen molar-refractivity contribution in [3.05, 3.63) is 28.3 Å². The Bertz CT molecular complexity index is 574. The number of likely N-dealkylation sites (N-methyl/N-ethyl adjacent to an activating group) is 1. The Labute approximate surface area is 116 Å². The summed E-state index contributed by atoms with van der Waals surface area (Å²) in [6.45, 7) is 0. The van der Waals surface area contributed by atoms with E-state index in [9.17, 15) is 9.90 Å². The van der Waals surface area contributed by atoms with Crippen LogP contribution in [0, 0.1) is 11.3 Å². The predicted molar refractivity (Wildman–Crippen MR) is 72.0 cm³/mol. The maximum Gasteiger partial charge on any atom is 0.264 e. The summed E-state index contributed by atoms with van der Waals surface area (Å²) in [6, 6.07) is 4.76. The number of methoxy groups -OCH3 is 1. The number of carbonyl (C=O) groups is 1. The molecule has 0 radical (unpaired) electrons. The summed E-state index contributed by atoms with van der Waals surface area (Å²) in [4.78, 5) is 13.0. The smallest absolute Gasteiger partial charge is 0.264 e. The van der Waals surface area contributed by atoms with Crippen LogP contribution >= 0.6 is 11.6 Å². The lowest BCUT2D eigenvalue weighted by atomic mass is 10.1. The van der Waals surface area contributed by atoms with E-state index in [1.54, 1.807) is 14.1 Å². The Morgan fingerprint density at radius 2 is 2.16 bits per heavy atom. The molecule has 0 spiro atoms. The summed E-state index contributed by atoms with van der Waals surface area (Å²) < 4.78 is 4.95. The van der Waals surface area contributed by atoms with Crippen molar-refractivity contribution in [2.45, 2.75) is 0 Å². The minimum atomic E-state index is -0.411. The third-order valence-corrected chi connectivity index (χ3v) is 2.63. The third kappa shape index (κ3) is 3.39. The average Bonchev–Trinajstić information content (AvgIpc) is 2.38. The molecule has 0 heterocycles. The number of aromatic hydroxyl groups is 1. The number of amides is 1. The molecule has 0 unspecified atom stereocenters. The number of phenols is 1. The molecule has 0 fully saturated rings. The van der Waals surface area contributed by atoms with Gasteiger partial charge < -0.3 is 14.7 Å². The molecule has 0 bridgehead atoms. The van der Waals surface area contributed by atoms with Crippen LogP contribution in [0.2, 0.25) is 5.02 Å². The molecule has 0 aliphatic carbocycles. The number of nitrogens with zero attached hydrogens (tertiary/aromatic N) is 2. The summed E-state index contributed by atoms with van der Waals surface area (Å²) >= 11 is 5.83. The number of hydrogen-bond donors (Lipinski definition) is 1. The molecule has 6 heteroatoms. The van der Waals surface area contributed by atoms with Crippen molar-refractivity contribution in [2.24, 2.45) is 0 Å². The maximum atomic E-state index is 11.7. The number of phenolic OH excluding ortho intramolecular Hbond substituents is 1. The number of halogens is 1. The zero-order valence-electron chi connectivity index (χ0n) is 10.8. The van der Waals surface area contributed by atoms with Crippen molar-refractivity contribution in [3.8, 4) is 17.6 Å². The Morgan fingerprint density at radius 1 is 1.53 bits per heavy atom. The van der Waals surface area contributed by atoms with Gasteiger partial charge in [0, 0.05) is 14.1 Å². The molecule has 0 atom stereocenters. The second-order valence-electron chi connectivity index (χ2n) is 3.92. The highest BCUT2D eigenvalue weighted by Gasteiger charge is 2.13. The van der Waals surface area contributed by atoms with Gasteiger partial charge in [-0.2, -0.15) is 5.26 Å². The molecule has 100 valence electrons. The van der Waals surface area contributed by atoms with Gasteiger partial charge in [-0.1, -0.05) is 11.6 Å². The highest BCUT2D eigenvalue weighted by Crippen LogP contribution is 2.35. The van der Waals surface area contributed by atoms with Crippen LogP contribution in [0.3, 0.4) is 0 Å². The van der Waals surface area contributed by atoms with Crippen molar-refractivity contribution in [1.29, 1.82) is 5.26 Å². The molecule has 0 saturated heterocycles. The van der Waals surface area contributed by atoms with E-state index in [4.69, 9.17) is 21.6 Å². The van der Waals surface area contributed by atoms with Crippen LogP contribution in [0.25, 0.3) is 6.08 Å². The van der Waals surface area contributed by atoms with Crippen LogP contribution in [0.1, 0.15) is 5.56 Å². The molecule has 1 N–H and O–H groups in total. The number of nitriles is 1. The molecule has 0 aromatic heterocycles. The Hall–Kier alpha value is -2.19. The lowest BCUT2D eigenvalue weighted by Gasteiger charge is -2.09. The SMILES string of the molecule is COc1cc(/C=C(/C#N)C(=O)N(C)C)cc(Cl)c1O. The molecule has 5 nitrogen and oxygen atoms in total. The van der Waals surface area contributed by atoms with E-state index in [-0.39, 0.29) is 22.1 Å². The number of benzene rings is 1. The summed E-state index contributed by atoms with van der Waals surface area (Å²) in [5.74, 6) is -0.419. The third-order valence-electron chi connectivity index (χ3n) is 2.34. The highest BCUT2D eigenvalue weighted by atomic mass is 35.5. The zero-order chi connectivity index (χ0) is 14.6. The molecule has 1 amide bonds. The molecular weight excluding hydrogens is 268 g/mol. The molecule has 0 saturated carbocycles. The topological polar surface area (TPSA) is 73.6 Å². The van der Waals surface area contributed by atoms with Crippen molar-refractivity contribution in [1.82, 2.24) is 4.90 Å². The average molecular weight is 281 g/mol. The minimum Gasteiger partial charge on any atom is -0.503 e. The van der Waals surface area contributed by atoms with Gasteiger partial charge in [-0.05, 0) is 23.8 Å². The molecule has 1 aromatic carbocycles. The van der Waals surface area contributed by atoms with Crippen molar-refractivity contribution in [3.63, 3.8) is 0 Å². The van der Waals surface area contributed by atoms with E-state index in [1.807, 2.05) is 6.07 Å². The number of carbonyl (C=O) groups excluding carboxylic acids is 1. The number of rotatable bonds is 3. The van der Waals surface area contributed by atoms with Gasteiger partial charge in [-0.15, -0.1) is 0 Å². The van der Waals surface area contributed by atoms with Crippen LogP contribution < -0.4 is 4.74 Å². The monoisotopic (exact) mass is 280 g/mol. The van der Waals surface area contributed by atoms with Gasteiger partial charge in [-0.3, -0.25) is 4.79 Å². The predicted octanol–water partition coefficient (Wildman–Crippen LogP) is 2.05. The minimum absolute atomic E-state index is 0.0335. The van der Waals surface area contributed by atoms with E-state index in [0.717, 1.165) is 0 Å². The first-order valence-corrected chi connectivity index (χ1v) is 5.68. The summed E-state index contributed by atoms with van der Waals surface area (Å²) in [7, 11) is 4.49. The van der Waals surface area contributed by atoms with E-state index in [2.05, 4.69) is 0 Å². The zero-order valence-corrected chi connectivity index (χ0v) is 11.5. The molecular formula is C13H13ClN2O3. The van der Waals surface area contributed by atoms with Crippen LogP contribution in [0.5, 0.6) is 11.5 Å². The van der Waals surface area contributed by atoms with Crippen molar-refractivity contribution >= 4 is 23.6 Å². The molecule has 19 heavy (non-hydrogen) atoms. The first kappa shape index (κ1) is 14.9. The van der Waals surface area contributed by atoms with Crippen molar-refractivity contribution in [2.75, 3.05) is 21.2 Å². The lowest BCUT2D eigenvalue weighted by Crippen LogP contribution is -2.22. The summed E-state index contributed by atoms with van der Waals surface area (Å²) in [5.41, 5.74) is 0.459. The maximum absolute atomic E-state index is 11.7. The van der Waals surface area contributed by atoms with E-state index in [1.165, 1.54) is 30.2 Å². The Morgan fingerprint density at radius 3 is 2.63 bits per heavy atom. The van der Waals surface area contributed by atoms with Gasteiger partial charge in [0.2, 0.25) is 0 Å². The molecule has 1 aromatic rings. The van der Waals surface area contributed by atoms with Crippen molar-refractivity contribution < 1.29 is 14.6 Å². The standard InChI is InChI=1S/C13H13ClN2O3/c1-16(2)13(18)9(7-15)4-8-5-10(14)12(17)11(6-8)19-3/h4-6,17H,1-3H3/b9-4-. The molecule has 0 aliphatic rings. The fourth-order valence-corrected chi connectivity index (χ4v) is 1.60. The van der Waals surface area contributed by atoms with E-state index in [0.29, 0.717) is 5.56 Å². The van der Waals surface area contributed by atoms with Crippen LogP contribution in [0.15, 0.2) is 17.7 Å². The van der Waals surface area contributed by atoms with Gasteiger partial charge in [0.1, 0.15) is 11.6 Å². The highest BCUT2D eigenvalue weighted by molar-refractivity contribution is 6.32. The number of ether oxygens (including phenoxy) is 1. The second-order valence-corrected chi connectivity index (χ2v) is 4.33. The Balaban J connectivity index is 3.28. The van der Waals surface area contributed by atoms with Gasteiger partial charge in [-0.25, -0.2) is 0 Å². The molecule has 0 aliphatic heterocycles. The van der Waals surface area contributed by atoms with Crippen LogP contribution in [-0.2, 0) is 4.79 Å². The Kier molecular flexibility index (Phi) is 4.79. The second kappa shape index (κ2) is 6.12. The largest absolute Gasteiger partial charge is 0.503 e. The fraction of sp³-hybridized carbons (Fsp3) is 0.231. The van der Waals surface area contributed by atoms with Gasteiger partial charge in [0.25, 0.3) is 5.91 Å². The lowest BCUT2D eigenvalue weighted by molar-refractivity contribution is -0.124. The molecule has 1 rings (SSSR count). The van der Waals surface area contributed by atoms with Gasteiger partial charge in [0.05, 0.1) is 12.1 Å². The fourth-order valence-electron chi connectivity index (χ4n) is 1.38. The van der Waals surface area contributed by atoms with E-state index >= 15 is 0 Å². The van der Waals surface area contributed by atoms with Crippen LogP contribution in [0.4, 0.5) is 0 Å². The summed E-state index contributed by atoms with van der Waals surface area (Å²) in [6.07, 6.45) is 1.39.